The van der Waals surface area contributed by atoms with E-state index in [0.29, 0.717) is 23.4 Å². The molecule has 1 aliphatic rings. The molecule has 0 aliphatic carbocycles. The molecule has 2 aromatic carbocycles. The minimum Gasteiger partial charge on any atom is -0.376 e. The van der Waals surface area contributed by atoms with E-state index in [2.05, 4.69) is 5.32 Å². The molecule has 1 heterocycles. The lowest BCUT2D eigenvalue weighted by Crippen LogP contribution is -2.44. The summed E-state index contributed by atoms with van der Waals surface area (Å²) in [6.45, 7) is 1.49. The quantitative estimate of drug-likeness (QED) is 0.772. The molecule has 3 rings (SSSR count). The summed E-state index contributed by atoms with van der Waals surface area (Å²) in [5.41, 5.74) is 1.92. The minimum absolute atomic E-state index is 0.00675. The fraction of sp³-hybridized carbons (Fsp3) is 0.300. The van der Waals surface area contributed by atoms with Crippen LogP contribution in [0.5, 0.6) is 0 Å². The molecule has 1 saturated heterocycles. The summed E-state index contributed by atoms with van der Waals surface area (Å²) in [5.74, 6) is -0.181. The van der Waals surface area contributed by atoms with E-state index in [0.717, 1.165) is 0 Å². The topological polar surface area (TPSA) is 83.6 Å². The number of rotatable bonds is 6. The van der Waals surface area contributed by atoms with Crippen LogP contribution < -0.4 is 10.2 Å². The van der Waals surface area contributed by atoms with Gasteiger partial charge in [0.25, 0.3) is 0 Å². The van der Waals surface area contributed by atoms with Gasteiger partial charge in [-0.05, 0) is 37.6 Å². The van der Waals surface area contributed by atoms with Crippen LogP contribution >= 0.6 is 0 Å². The van der Waals surface area contributed by atoms with Gasteiger partial charge < -0.3 is 10.2 Å². The van der Waals surface area contributed by atoms with Crippen LogP contribution in [0.1, 0.15) is 23.7 Å². The highest BCUT2D eigenvalue weighted by molar-refractivity contribution is 7.91. The summed E-state index contributed by atoms with van der Waals surface area (Å²) in [6.07, 6.45) is 0.433. The van der Waals surface area contributed by atoms with Crippen LogP contribution in [0.15, 0.2) is 54.6 Å². The molecular weight excluding hydrogens is 364 g/mol. The Morgan fingerprint density at radius 2 is 1.85 bits per heavy atom. The zero-order chi connectivity index (χ0) is 19.4. The highest BCUT2D eigenvalue weighted by Crippen LogP contribution is 2.24. The predicted octanol–water partition coefficient (Wildman–Crippen LogP) is 2.52. The second-order valence-electron chi connectivity index (χ2n) is 6.65. The van der Waals surface area contributed by atoms with Crippen molar-refractivity contribution in [3.8, 4) is 0 Å². The van der Waals surface area contributed by atoms with Gasteiger partial charge in [0, 0.05) is 16.9 Å². The Morgan fingerprint density at radius 3 is 2.48 bits per heavy atom. The van der Waals surface area contributed by atoms with E-state index < -0.39 is 9.84 Å². The average Bonchev–Trinajstić information content (AvgIpc) is 3.00. The molecule has 27 heavy (non-hydrogen) atoms. The number of carbonyl (C=O) groups excluding carboxylic acids is 2. The van der Waals surface area contributed by atoms with Crippen molar-refractivity contribution in [3.05, 3.63) is 60.2 Å². The molecular formula is C20H22N2O4S. The normalized spacial score (nSPS) is 18.0. The second kappa shape index (κ2) is 7.92. The van der Waals surface area contributed by atoms with E-state index in [1.807, 2.05) is 18.2 Å². The van der Waals surface area contributed by atoms with Gasteiger partial charge >= 0.3 is 0 Å². The molecule has 1 atom stereocenters. The van der Waals surface area contributed by atoms with Crippen LogP contribution in [-0.2, 0) is 14.6 Å². The van der Waals surface area contributed by atoms with Gasteiger partial charge in [0.05, 0.1) is 24.1 Å². The first-order valence-corrected chi connectivity index (χ1v) is 10.6. The van der Waals surface area contributed by atoms with Crippen molar-refractivity contribution in [2.24, 2.45) is 0 Å². The van der Waals surface area contributed by atoms with Crippen LogP contribution in [0.2, 0.25) is 0 Å². The number of anilines is 2. The third-order valence-electron chi connectivity index (χ3n) is 4.59. The van der Waals surface area contributed by atoms with Crippen LogP contribution in [0.3, 0.4) is 0 Å². The zero-order valence-electron chi connectivity index (χ0n) is 15.1. The third kappa shape index (κ3) is 4.74. The first-order valence-electron chi connectivity index (χ1n) is 8.78. The zero-order valence-corrected chi connectivity index (χ0v) is 15.9. The summed E-state index contributed by atoms with van der Waals surface area (Å²) < 4.78 is 23.8. The third-order valence-corrected chi connectivity index (χ3v) is 6.34. The lowest BCUT2D eigenvalue weighted by atomic mass is 10.1. The minimum atomic E-state index is -3.12. The number of hydrogen-bond acceptors (Lipinski definition) is 5. The maximum absolute atomic E-state index is 12.9. The fourth-order valence-corrected chi connectivity index (χ4v) is 4.94. The lowest BCUT2D eigenvalue weighted by Gasteiger charge is -2.28. The number of amides is 1. The number of sulfone groups is 1. The SMILES string of the molecule is CC(=O)c1cccc(NCC(=O)N(c2ccccc2)C2CCS(=O)(=O)C2)c1. The molecule has 1 N–H and O–H groups in total. The lowest BCUT2D eigenvalue weighted by molar-refractivity contribution is -0.117. The number of para-hydroxylation sites is 1. The molecule has 0 bridgehead atoms. The van der Waals surface area contributed by atoms with E-state index in [9.17, 15) is 18.0 Å². The molecule has 2 aromatic rings. The standard InChI is InChI=1S/C20H22N2O4S/c1-15(23)16-6-5-7-17(12-16)21-13-20(24)22(18-8-3-2-4-9-18)19-10-11-27(25,26)14-19/h2-9,12,19,21H,10-11,13-14H2,1H3. The maximum Gasteiger partial charge on any atom is 0.246 e. The molecule has 1 aliphatic heterocycles. The highest BCUT2D eigenvalue weighted by Gasteiger charge is 2.35. The molecule has 142 valence electrons. The molecule has 0 saturated carbocycles. The van der Waals surface area contributed by atoms with Gasteiger partial charge in [-0.25, -0.2) is 8.42 Å². The molecule has 0 spiro atoms. The van der Waals surface area contributed by atoms with Crippen LogP contribution in [0.4, 0.5) is 11.4 Å². The summed E-state index contributed by atoms with van der Waals surface area (Å²) in [5, 5.41) is 3.04. The number of nitrogens with zero attached hydrogens (tertiary/aromatic N) is 1. The van der Waals surface area contributed by atoms with Crippen molar-refractivity contribution in [1.82, 2.24) is 0 Å². The Hall–Kier alpha value is -2.67. The smallest absolute Gasteiger partial charge is 0.246 e. The molecule has 1 unspecified atom stereocenters. The van der Waals surface area contributed by atoms with E-state index in [1.165, 1.54) is 6.92 Å². The Kier molecular flexibility index (Phi) is 5.60. The number of carbonyl (C=O) groups is 2. The number of Topliss-reactive ketones (excluding diaryl/α,β-unsaturated/α-hetero) is 1. The first-order chi connectivity index (χ1) is 12.9. The number of ketones is 1. The van der Waals surface area contributed by atoms with Crippen LogP contribution in [0, 0.1) is 0 Å². The van der Waals surface area contributed by atoms with Crippen molar-refractivity contribution < 1.29 is 18.0 Å². The van der Waals surface area contributed by atoms with E-state index in [-0.39, 0.29) is 35.8 Å². The Balaban J connectivity index is 1.77. The van der Waals surface area contributed by atoms with Gasteiger partial charge in [-0.2, -0.15) is 0 Å². The largest absolute Gasteiger partial charge is 0.376 e. The van der Waals surface area contributed by atoms with Crippen molar-refractivity contribution >= 4 is 32.9 Å². The fourth-order valence-electron chi connectivity index (χ4n) is 3.24. The van der Waals surface area contributed by atoms with E-state index in [1.54, 1.807) is 41.3 Å². The van der Waals surface area contributed by atoms with Gasteiger partial charge in [0.1, 0.15) is 0 Å². The number of benzene rings is 2. The maximum atomic E-state index is 12.9. The monoisotopic (exact) mass is 386 g/mol. The van der Waals surface area contributed by atoms with Crippen LogP contribution in [-0.4, -0.2) is 44.2 Å². The van der Waals surface area contributed by atoms with E-state index in [4.69, 9.17) is 0 Å². The Bertz CT molecular complexity index is 941. The summed E-state index contributed by atoms with van der Waals surface area (Å²) in [6, 6.07) is 15.7. The van der Waals surface area contributed by atoms with E-state index >= 15 is 0 Å². The van der Waals surface area contributed by atoms with Crippen molar-refractivity contribution in [3.63, 3.8) is 0 Å². The Labute approximate surface area is 159 Å². The Morgan fingerprint density at radius 1 is 1.11 bits per heavy atom. The van der Waals surface area contributed by atoms with Crippen LogP contribution in [0.25, 0.3) is 0 Å². The van der Waals surface area contributed by atoms with Gasteiger partial charge in [-0.3, -0.25) is 9.59 Å². The molecule has 6 nitrogen and oxygen atoms in total. The van der Waals surface area contributed by atoms with Gasteiger partial charge in [-0.1, -0.05) is 30.3 Å². The summed E-state index contributed by atoms with van der Waals surface area (Å²) in [4.78, 5) is 26.0. The number of nitrogens with one attached hydrogen (secondary N) is 1. The molecule has 1 fully saturated rings. The van der Waals surface area contributed by atoms with Gasteiger partial charge in [0.15, 0.2) is 15.6 Å². The first kappa shape index (κ1) is 19.1. The molecule has 7 heteroatoms. The summed E-state index contributed by atoms with van der Waals surface area (Å²) in [7, 11) is -3.12. The number of hydrogen-bond donors (Lipinski definition) is 1. The molecule has 0 aromatic heterocycles. The molecule has 1 amide bonds. The van der Waals surface area contributed by atoms with Gasteiger partial charge in [0.2, 0.25) is 5.91 Å². The van der Waals surface area contributed by atoms with Crippen molar-refractivity contribution in [2.75, 3.05) is 28.3 Å². The predicted molar refractivity (Wildman–Crippen MR) is 106 cm³/mol. The van der Waals surface area contributed by atoms with Crippen molar-refractivity contribution in [1.29, 1.82) is 0 Å². The highest BCUT2D eigenvalue weighted by atomic mass is 32.2. The summed E-state index contributed by atoms with van der Waals surface area (Å²) >= 11 is 0. The van der Waals surface area contributed by atoms with Gasteiger partial charge in [-0.15, -0.1) is 0 Å². The second-order valence-corrected chi connectivity index (χ2v) is 8.88. The molecule has 0 radical (unpaired) electrons. The van der Waals surface area contributed by atoms with Crippen molar-refractivity contribution in [2.45, 2.75) is 19.4 Å². The average molecular weight is 386 g/mol.